The van der Waals surface area contributed by atoms with Crippen molar-refractivity contribution in [1.29, 1.82) is 0 Å². The minimum Gasteiger partial charge on any atom is -0.331 e. The molecule has 3 unspecified atom stereocenters. The molecule has 23 heavy (non-hydrogen) atoms. The third-order valence-electron chi connectivity index (χ3n) is 4.59. The van der Waals surface area contributed by atoms with E-state index in [1.165, 1.54) is 0 Å². The summed E-state index contributed by atoms with van der Waals surface area (Å²) in [7, 11) is -3.68. The molecule has 2 fully saturated rings. The molecule has 7 nitrogen and oxygen atoms in total. The number of carbonyl (C=O) groups excluding carboxylic acids is 2. The fourth-order valence-corrected chi connectivity index (χ4v) is 5.33. The van der Waals surface area contributed by atoms with E-state index >= 15 is 0 Å². The molecule has 1 saturated carbocycles. The van der Waals surface area contributed by atoms with Crippen molar-refractivity contribution in [2.24, 2.45) is 5.92 Å². The van der Waals surface area contributed by atoms with Gasteiger partial charge in [0.2, 0.25) is 0 Å². The van der Waals surface area contributed by atoms with Crippen molar-refractivity contribution in [3.63, 3.8) is 0 Å². The number of benzene rings is 1. The first kappa shape index (κ1) is 15.9. The number of hydrogen-bond donors (Lipinski definition) is 2. The van der Waals surface area contributed by atoms with Crippen molar-refractivity contribution in [2.45, 2.75) is 42.4 Å². The summed E-state index contributed by atoms with van der Waals surface area (Å²) in [6, 6.07) is 4.74. The lowest BCUT2D eigenvalue weighted by molar-refractivity contribution is -0.163. The van der Waals surface area contributed by atoms with Gasteiger partial charge in [-0.05, 0) is 31.9 Å². The van der Waals surface area contributed by atoms with Gasteiger partial charge in [0.05, 0.1) is 22.1 Å². The molecule has 0 spiro atoms. The lowest BCUT2D eigenvalue weighted by Crippen LogP contribution is -2.64. The first-order valence-corrected chi connectivity index (χ1v) is 9.01. The third-order valence-corrected chi connectivity index (χ3v) is 6.85. The molecule has 3 rings (SSSR count). The number of carbonyl (C=O) groups is 2. The summed E-state index contributed by atoms with van der Waals surface area (Å²) in [6.45, 7) is 1.86. The quantitative estimate of drug-likeness (QED) is 0.790. The number of sulfone groups is 1. The van der Waals surface area contributed by atoms with Gasteiger partial charge >= 0.3 is 6.03 Å². The Kier molecular flexibility index (Phi) is 3.89. The number of imide groups is 1. The van der Waals surface area contributed by atoms with Crippen LogP contribution >= 0.6 is 0 Å². The van der Waals surface area contributed by atoms with E-state index in [0.717, 1.165) is 5.56 Å². The molecule has 1 heterocycles. The maximum absolute atomic E-state index is 12.9. The Balaban J connectivity index is 1.97. The highest BCUT2D eigenvalue weighted by Crippen LogP contribution is 2.35. The number of rotatable bonds is 2. The van der Waals surface area contributed by atoms with Crippen molar-refractivity contribution in [1.82, 2.24) is 10.4 Å². The maximum atomic E-state index is 12.9. The Hall–Kier alpha value is -1.93. The zero-order valence-electron chi connectivity index (χ0n) is 12.6. The van der Waals surface area contributed by atoms with Crippen LogP contribution in [0, 0.1) is 12.8 Å². The number of amides is 3. The van der Waals surface area contributed by atoms with Crippen LogP contribution in [0.2, 0.25) is 0 Å². The van der Waals surface area contributed by atoms with E-state index < -0.39 is 39.0 Å². The molecule has 0 bridgehead atoms. The summed E-state index contributed by atoms with van der Waals surface area (Å²) in [5, 5.41) is 11.1. The van der Waals surface area contributed by atoms with Crippen molar-refractivity contribution in [3.8, 4) is 0 Å². The van der Waals surface area contributed by atoms with E-state index in [1.54, 1.807) is 24.3 Å². The second kappa shape index (κ2) is 5.61. The molecule has 1 aliphatic carbocycles. The van der Waals surface area contributed by atoms with Gasteiger partial charge in [0.25, 0.3) is 5.91 Å². The molecule has 1 aliphatic heterocycles. The molecule has 1 saturated heterocycles. The Morgan fingerprint density at radius 2 is 1.83 bits per heavy atom. The fraction of sp³-hybridized carbons (Fsp3) is 0.467. The molecule has 1 aromatic rings. The lowest BCUT2D eigenvalue weighted by Gasteiger charge is -2.41. The van der Waals surface area contributed by atoms with Crippen molar-refractivity contribution in [2.75, 3.05) is 0 Å². The largest absolute Gasteiger partial charge is 0.348 e. The highest BCUT2D eigenvalue weighted by molar-refractivity contribution is 7.92. The molecule has 124 valence electrons. The summed E-state index contributed by atoms with van der Waals surface area (Å²) < 4.78 is 25.8. The maximum Gasteiger partial charge on any atom is 0.348 e. The third kappa shape index (κ3) is 2.61. The van der Waals surface area contributed by atoms with Gasteiger partial charge in [-0.3, -0.25) is 10.0 Å². The average molecular weight is 338 g/mol. The van der Waals surface area contributed by atoms with Gasteiger partial charge in [0.15, 0.2) is 9.84 Å². The Bertz CT molecular complexity index is 744. The van der Waals surface area contributed by atoms with Crippen molar-refractivity contribution < 1.29 is 23.2 Å². The summed E-state index contributed by atoms with van der Waals surface area (Å²) >= 11 is 0. The zero-order valence-corrected chi connectivity index (χ0v) is 13.4. The van der Waals surface area contributed by atoms with Crippen LogP contribution in [0.15, 0.2) is 29.2 Å². The van der Waals surface area contributed by atoms with Gasteiger partial charge in [-0.15, -0.1) is 5.06 Å². The van der Waals surface area contributed by atoms with Crippen LogP contribution in [0.3, 0.4) is 0 Å². The van der Waals surface area contributed by atoms with Gasteiger partial charge in [-0.2, -0.15) is 0 Å². The predicted molar refractivity (Wildman–Crippen MR) is 80.4 cm³/mol. The van der Waals surface area contributed by atoms with Crippen LogP contribution in [-0.2, 0) is 14.6 Å². The SMILES string of the molecule is Cc1ccc(S(=O)(=O)C2CCCC3C(=O)N(O)C(=O)NC32)cc1. The molecule has 2 N–H and O–H groups in total. The predicted octanol–water partition coefficient (Wildman–Crippen LogP) is 1.25. The van der Waals surface area contributed by atoms with E-state index in [1.807, 2.05) is 6.92 Å². The van der Waals surface area contributed by atoms with Gasteiger partial charge in [0, 0.05) is 0 Å². The Labute approximate surface area is 134 Å². The summed E-state index contributed by atoms with van der Waals surface area (Å²) in [5.41, 5.74) is 0.947. The first-order valence-electron chi connectivity index (χ1n) is 7.46. The van der Waals surface area contributed by atoms with Gasteiger partial charge in [-0.25, -0.2) is 13.2 Å². The van der Waals surface area contributed by atoms with Gasteiger partial charge < -0.3 is 5.32 Å². The molecule has 0 aromatic heterocycles. The number of aryl methyl sites for hydroxylation is 1. The summed E-state index contributed by atoms with van der Waals surface area (Å²) in [4.78, 5) is 23.9. The smallest absolute Gasteiger partial charge is 0.331 e. The number of nitrogens with one attached hydrogen (secondary N) is 1. The van der Waals surface area contributed by atoms with Gasteiger partial charge in [0.1, 0.15) is 0 Å². The minimum atomic E-state index is -3.68. The summed E-state index contributed by atoms with van der Waals surface area (Å²) in [6.07, 6.45) is 1.36. The number of hydroxylamine groups is 2. The number of fused-ring (bicyclic) bond motifs is 1. The Morgan fingerprint density at radius 1 is 1.17 bits per heavy atom. The molecule has 3 atom stereocenters. The lowest BCUT2D eigenvalue weighted by atomic mass is 9.82. The van der Waals surface area contributed by atoms with E-state index in [2.05, 4.69) is 5.32 Å². The Morgan fingerprint density at radius 3 is 2.48 bits per heavy atom. The minimum absolute atomic E-state index is 0.0437. The monoisotopic (exact) mass is 338 g/mol. The van der Waals surface area contributed by atoms with Crippen LogP contribution in [0.4, 0.5) is 4.79 Å². The van der Waals surface area contributed by atoms with Crippen LogP contribution in [0.1, 0.15) is 24.8 Å². The summed E-state index contributed by atoms with van der Waals surface area (Å²) in [5.74, 6) is -1.45. The molecule has 0 radical (unpaired) electrons. The standard InChI is InChI=1S/C15H18N2O5S/c1-9-5-7-10(8-6-9)23(21,22)12-4-2-3-11-13(12)16-15(19)17(20)14(11)18/h5-8,11-13,20H,2-4H2,1H3,(H,16,19). The van der Waals surface area contributed by atoms with Crippen molar-refractivity contribution in [3.05, 3.63) is 29.8 Å². The second-order valence-corrected chi connectivity index (χ2v) is 8.23. The van der Waals surface area contributed by atoms with Crippen LogP contribution < -0.4 is 5.32 Å². The topological polar surface area (TPSA) is 104 Å². The van der Waals surface area contributed by atoms with E-state index in [9.17, 15) is 23.2 Å². The molecular weight excluding hydrogens is 320 g/mol. The average Bonchev–Trinajstić information content (AvgIpc) is 2.52. The van der Waals surface area contributed by atoms with Crippen LogP contribution in [0.5, 0.6) is 0 Å². The number of urea groups is 1. The second-order valence-electron chi connectivity index (χ2n) is 6.06. The normalized spacial score (nSPS) is 28.3. The highest BCUT2D eigenvalue weighted by Gasteiger charge is 2.50. The highest BCUT2D eigenvalue weighted by atomic mass is 32.2. The molecular formula is C15H18N2O5S. The number of nitrogens with zero attached hydrogens (tertiary/aromatic N) is 1. The zero-order chi connectivity index (χ0) is 16.8. The van der Waals surface area contributed by atoms with E-state index in [-0.39, 0.29) is 9.96 Å². The first-order chi connectivity index (χ1) is 10.8. The van der Waals surface area contributed by atoms with E-state index in [4.69, 9.17) is 0 Å². The van der Waals surface area contributed by atoms with E-state index in [0.29, 0.717) is 19.3 Å². The fourth-order valence-electron chi connectivity index (χ4n) is 3.34. The molecule has 8 heteroatoms. The molecule has 1 aromatic carbocycles. The van der Waals surface area contributed by atoms with Gasteiger partial charge in [-0.1, -0.05) is 24.1 Å². The number of hydrogen-bond acceptors (Lipinski definition) is 5. The van der Waals surface area contributed by atoms with Crippen LogP contribution in [0.25, 0.3) is 0 Å². The van der Waals surface area contributed by atoms with Crippen molar-refractivity contribution >= 4 is 21.8 Å². The molecule has 2 aliphatic rings. The van der Waals surface area contributed by atoms with Crippen LogP contribution in [-0.4, -0.2) is 41.9 Å². The molecule has 3 amide bonds.